The molecule has 0 aliphatic heterocycles. The molecule has 0 amide bonds. The third-order valence-electron chi connectivity index (χ3n) is 13.5. The number of benzene rings is 9. The molecule has 0 radical (unpaired) electrons. The van der Waals surface area contributed by atoms with Gasteiger partial charge in [-0.3, -0.25) is 0 Å². The fourth-order valence-corrected chi connectivity index (χ4v) is 10.3. The third-order valence-corrected chi connectivity index (χ3v) is 13.5. The summed E-state index contributed by atoms with van der Waals surface area (Å²) in [6, 6.07) is 80.1. The molecule has 9 aromatic carbocycles. The van der Waals surface area contributed by atoms with Crippen LogP contribution in [0, 0.1) is 0 Å². The van der Waals surface area contributed by atoms with E-state index in [0.717, 1.165) is 34.1 Å². The molecule has 0 unspecified atom stereocenters. The molecule has 2 aliphatic rings. The van der Waals surface area contributed by atoms with E-state index in [-0.39, 0.29) is 10.8 Å². The van der Waals surface area contributed by atoms with Crippen LogP contribution in [0.25, 0.3) is 44.5 Å². The summed E-state index contributed by atoms with van der Waals surface area (Å²) in [5.74, 6) is 0. The van der Waals surface area contributed by atoms with Crippen LogP contribution in [0.1, 0.15) is 49.9 Å². The standard InChI is InChI=1S/C60H48N2/c1-59(2)55-25-15-13-23-51(55)53-37-35-47(39-57(53)59)61(43-17-7-5-8-18-43)45-31-27-41(28-32-45)49-21-11-12-22-50(49)42-29-33-46(34-30-42)62(44-19-9-6-10-20-44)48-36-38-54-52-24-14-16-26-56(52)60(3,4)58(54)40-48/h5-40H,1-4H3. The van der Waals surface area contributed by atoms with Crippen molar-refractivity contribution in [1.82, 2.24) is 0 Å². The number of fused-ring (bicyclic) bond motifs is 6. The molecule has 0 bridgehead atoms. The van der Waals surface area contributed by atoms with E-state index >= 15 is 0 Å². The molecular weight excluding hydrogens is 749 g/mol. The Morgan fingerprint density at radius 1 is 0.242 bits per heavy atom. The average Bonchev–Trinajstić information content (AvgIpc) is 3.69. The van der Waals surface area contributed by atoms with Crippen molar-refractivity contribution in [2.24, 2.45) is 0 Å². The number of rotatable bonds is 8. The van der Waals surface area contributed by atoms with Gasteiger partial charge in [0.1, 0.15) is 0 Å². The first kappa shape index (κ1) is 37.6. The Hall–Kier alpha value is -7.42. The second kappa shape index (κ2) is 14.6. The van der Waals surface area contributed by atoms with E-state index in [0.29, 0.717) is 0 Å². The summed E-state index contributed by atoms with van der Waals surface area (Å²) in [4.78, 5) is 4.76. The van der Waals surface area contributed by atoms with E-state index in [1.54, 1.807) is 0 Å². The van der Waals surface area contributed by atoms with Crippen molar-refractivity contribution < 1.29 is 0 Å². The molecule has 2 nitrogen and oxygen atoms in total. The van der Waals surface area contributed by atoms with Gasteiger partial charge in [-0.25, -0.2) is 0 Å². The van der Waals surface area contributed by atoms with Gasteiger partial charge in [-0.2, -0.15) is 0 Å². The van der Waals surface area contributed by atoms with Gasteiger partial charge in [-0.05, 0) is 140 Å². The van der Waals surface area contributed by atoms with Crippen molar-refractivity contribution in [3.8, 4) is 44.5 Å². The minimum absolute atomic E-state index is 0.0814. The van der Waals surface area contributed by atoms with Crippen LogP contribution in [0.2, 0.25) is 0 Å². The molecule has 298 valence electrons. The van der Waals surface area contributed by atoms with Crippen molar-refractivity contribution in [2.45, 2.75) is 38.5 Å². The fourth-order valence-electron chi connectivity index (χ4n) is 10.3. The first-order valence-corrected chi connectivity index (χ1v) is 21.8. The molecule has 0 saturated carbocycles. The highest BCUT2D eigenvalue weighted by atomic mass is 15.1. The molecule has 0 saturated heterocycles. The average molecular weight is 797 g/mol. The molecule has 2 aliphatic carbocycles. The van der Waals surface area contributed by atoms with E-state index in [1.165, 1.54) is 66.8 Å². The molecule has 0 N–H and O–H groups in total. The maximum absolute atomic E-state index is 2.40. The van der Waals surface area contributed by atoms with E-state index in [4.69, 9.17) is 0 Å². The Balaban J connectivity index is 0.929. The van der Waals surface area contributed by atoms with E-state index < -0.39 is 0 Å². The lowest BCUT2D eigenvalue weighted by Crippen LogP contribution is -2.16. The van der Waals surface area contributed by atoms with Gasteiger partial charge >= 0.3 is 0 Å². The Kier molecular flexibility index (Phi) is 8.87. The van der Waals surface area contributed by atoms with Gasteiger partial charge in [0.25, 0.3) is 0 Å². The highest BCUT2D eigenvalue weighted by Gasteiger charge is 2.37. The number of hydrogen-bond acceptors (Lipinski definition) is 2. The molecule has 0 spiro atoms. The number of nitrogens with zero attached hydrogens (tertiary/aromatic N) is 2. The summed E-state index contributed by atoms with van der Waals surface area (Å²) in [6.45, 7) is 9.39. The van der Waals surface area contributed by atoms with Crippen LogP contribution < -0.4 is 9.80 Å². The Morgan fingerprint density at radius 2 is 0.532 bits per heavy atom. The van der Waals surface area contributed by atoms with Gasteiger partial charge in [0.2, 0.25) is 0 Å². The summed E-state index contributed by atoms with van der Waals surface area (Å²) in [5, 5.41) is 0. The predicted octanol–water partition coefficient (Wildman–Crippen LogP) is 16.6. The molecule has 9 aromatic rings. The van der Waals surface area contributed by atoms with E-state index in [9.17, 15) is 0 Å². The van der Waals surface area contributed by atoms with Crippen LogP contribution in [-0.4, -0.2) is 0 Å². The van der Waals surface area contributed by atoms with E-state index in [1.807, 2.05) is 0 Å². The lowest BCUT2D eigenvalue weighted by molar-refractivity contribution is 0.660. The molecule has 0 atom stereocenters. The molecule has 2 heteroatoms. The van der Waals surface area contributed by atoms with Crippen molar-refractivity contribution >= 4 is 34.1 Å². The van der Waals surface area contributed by atoms with Crippen LogP contribution in [0.5, 0.6) is 0 Å². The largest absolute Gasteiger partial charge is 0.310 e. The summed E-state index contributed by atoms with van der Waals surface area (Å²) < 4.78 is 0. The Labute approximate surface area is 366 Å². The highest BCUT2D eigenvalue weighted by molar-refractivity contribution is 5.90. The molecule has 62 heavy (non-hydrogen) atoms. The van der Waals surface area contributed by atoms with Gasteiger partial charge in [-0.1, -0.05) is 173 Å². The quantitative estimate of drug-likeness (QED) is 0.151. The monoisotopic (exact) mass is 796 g/mol. The van der Waals surface area contributed by atoms with Crippen LogP contribution in [-0.2, 0) is 10.8 Å². The van der Waals surface area contributed by atoms with Gasteiger partial charge in [0, 0.05) is 45.0 Å². The van der Waals surface area contributed by atoms with Crippen molar-refractivity contribution in [3.05, 3.63) is 241 Å². The SMILES string of the molecule is CC1(C)c2ccccc2-c2ccc(N(c3ccccc3)c3ccc(-c4ccccc4-c4ccc(N(c5ccccc5)c5ccc6c(c5)C(C)(C)c5ccccc5-6)cc4)cc3)cc21. The highest BCUT2D eigenvalue weighted by Crippen LogP contribution is 2.52. The fraction of sp³-hybridized carbons (Fsp3) is 0.100. The number of hydrogen-bond donors (Lipinski definition) is 0. The minimum atomic E-state index is -0.0814. The normalized spacial score (nSPS) is 13.7. The third kappa shape index (κ3) is 6.09. The van der Waals surface area contributed by atoms with Crippen molar-refractivity contribution in [1.29, 1.82) is 0 Å². The van der Waals surface area contributed by atoms with Crippen LogP contribution in [0.3, 0.4) is 0 Å². The summed E-state index contributed by atoms with van der Waals surface area (Å²) in [7, 11) is 0. The number of para-hydroxylation sites is 2. The van der Waals surface area contributed by atoms with Gasteiger partial charge in [0.15, 0.2) is 0 Å². The zero-order valence-electron chi connectivity index (χ0n) is 35.7. The van der Waals surface area contributed by atoms with Crippen LogP contribution in [0.4, 0.5) is 34.1 Å². The summed E-state index contributed by atoms with van der Waals surface area (Å²) in [6.07, 6.45) is 0. The zero-order chi connectivity index (χ0) is 42.0. The zero-order valence-corrected chi connectivity index (χ0v) is 35.7. The predicted molar refractivity (Wildman–Crippen MR) is 262 cm³/mol. The molecular formula is C60H48N2. The van der Waals surface area contributed by atoms with Crippen LogP contribution >= 0.6 is 0 Å². The van der Waals surface area contributed by atoms with Crippen molar-refractivity contribution in [3.63, 3.8) is 0 Å². The Morgan fingerprint density at radius 3 is 0.919 bits per heavy atom. The first-order valence-electron chi connectivity index (χ1n) is 21.8. The first-order chi connectivity index (χ1) is 30.3. The molecule has 0 fully saturated rings. The van der Waals surface area contributed by atoms with Gasteiger partial charge < -0.3 is 9.80 Å². The Bertz CT molecular complexity index is 2890. The number of anilines is 6. The summed E-state index contributed by atoms with van der Waals surface area (Å²) in [5.41, 5.74) is 22.3. The second-order valence-electron chi connectivity index (χ2n) is 17.8. The van der Waals surface area contributed by atoms with Gasteiger partial charge in [0.05, 0.1) is 0 Å². The van der Waals surface area contributed by atoms with Crippen LogP contribution in [0.15, 0.2) is 218 Å². The topological polar surface area (TPSA) is 6.48 Å². The molecule has 11 rings (SSSR count). The molecule has 0 aromatic heterocycles. The van der Waals surface area contributed by atoms with E-state index in [2.05, 4.69) is 256 Å². The smallest absolute Gasteiger partial charge is 0.0465 e. The lowest BCUT2D eigenvalue weighted by Gasteiger charge is -2.28. The maximum atomic E-state index is 2.40. The molecule has 0 heterocycles. The minimum Gasteiger partial charge on any atom is -0.310 e. The second-order valence-corrected chi connectivity index (χ2v) is 17.8. The van der Waals surface area contributed by atoms with Gasteiger partial charge in [-0.15, -0.1) is 0 Å². The van der Waals surface area contributed by atoms with Crippen molar-refractivity contribution in [2.75, 3.05) is 9.80 Å². The lowest BCUT2D eigenvalue weighted by atomic mass is 9.82. The maximum Gasteiger partial charge on any atom is 0.0465 e. The summed E-state index contributed by atoms with van der Waals surface area (Å²) >= 11 is 0.